The lowest BCUT2D eigenvalue weighted by Gasteiger charge is -2.28. The maximum absolute atomic E-state index is 14.1. The SMILES string of the molecule is CC(C)C[C@H](NC(=O)[C@H](CS)NC(=O)[C@H](CCCN=C(N)N)NC(=O)[C@H](CCC(=O)O)NC(=O)[C@@H](N)CC(C)C)C(=O)N[C@@H](CC(=O)O)C(=O)N[C@@H](Cc1cnc[nH]1)C(=O)N[C@@H](CC(N)=O)C(=O)N[C@@H](C)C(=O)N[C@@H](CCCCN)C(=O)O. The minimum absolute atomic E-state index is 0.0157. The Kier molecular flexibility index (Phi) is 33.2. The maximum atomic E-state index is 14.1. The number of carbonyl (C=O) groups is 13. The van der Waals surface area contributed by atoms with Crippen LogP contribution in [0.15, 0.2) is 17.5 Å². The number of guanidine groups is 1. The lowest BCUT2D eigenvalue weighted by atomic mass is 10.0. The summed E-state index contributed by atoms with van der Waals surface area (Å²) in [6.45, 7) is 8.39. The minimum Gasteiger partial charge on any atom is -0.481 e. The monoisotopic (exact) mass is 1200 g/mol. The predicted molar refractivity (Wildman–Crippen MR) is 299 cm³/mol. The average molecular weight is 1200 g/mol. The van der Waals surface area contributed by atoms with Crippen molar-refractivity contribution in [3.05, 3.63) is 18.2 Å². The Morgan fingerprint density at radius 3 is 1.54 bits per heavy atom. The fourth-order valence-corrected chi connectivity index (χ4v) is 8.04. The fourth-order valence-electron chi connectivity index (χ4n) is 7.78. The van der Waals surface area contributed by atoms with Gasteiger partial charge in [-0.3, -0.25) is 62.5 Å². The van der Waals surface area contributed by atoms with Gasteiger partial charge in [-0.1, -0.05) is 27.7 Å². The third-order valence-electron chi connectivity index (χ3n) is 12.1. The molecule has 466 valence electrons. The molecule has 0 saturated heterocycles. The summed E-state index contributed by atoms with van der Waals surface area (Å²) in [6.07, 6.45) is -0.0261. The molecule has 0 aromatic carbocycles. The number of hydrogen-bond donors (Lipinski definition) is 19. The first-order valence-corrected chi connectivity index (χ1v) is 27.3. The number of primary amides is 1. The van der Waals surface area contributed by atoms with E-state index in [1.807, 2.05) is 13.8 Å². The van der Waals surface area contributed by atoms with E-state index >= 15 is 0 Å². The highest BCUT2D eigenvalue weighted by molar-refractivity contribution is 7.80. The summed E-state index contributed by atoms with van der Waals surface area (Å²) in [5, 5.41) is 50.2. The number of nitrogens with one attached hydrogen (secondary N) is 10. The van der Waals surface area contributed by atoms with E-state index in [1.54, 1.807) is 13.8 Å². The van der Waals surface area contributed by atoms with Crippen molar-refractivity contribution < 1.29 is 77.6 Å². The first kappa shape index (κ1) is 72.9. The van der Waals surface area contributed by atoms with E-state index in [9.17, 15) is 77.6 Å². The Bertz CT molecular complexity index is 2410. The molecular formula is C49H83N17O16S. The van der Waals surface area contributed by atoms with Gasteiger partial charge in [0, 0.05) is 37.0 Å². The van der Waals surface area contributed by atoms with Crippen LogP contribution in [0.4, 0.5) is 0 Å². The molecule has 10 amide bonds. The Labute approximate surface area is 484 Å². The zero-order valence-corrected chi connectivity index (χ0v) is 48.0. The Morgan fingerprint density at radius 1 is 0.554 bits per heavy atom. The molecule has 34 heteroatoms. The number of rotatable bonds is 41. The number of nitrogens with two attached hydrogens (primary N) is 5. The third kappa shape index (κ3) is 29.4. The first-order valence-electron chi connectivity index (χ1n) is 26.7. The molecule has 1 aromatic heterocycles. The molecule has 0 aliphatic rings. The highest BCUT2D eigenvalue weighted by Crippen LogP contribution is 2.11. The molecule has 0 spiro atoms. The molecule has 1 rings (SSSR count). The van der Waals surface area contributed by atoms with Gasteiger partial charge in [-0.05, 0) is 76.7 Å². The number of aliphatic carboxylic acids is 3. The summed E-state index contributed by atoms with van der Waals surface area (Å²) in [5.41, 5.74) is 28.0. The van der Waals surface area contributed by atoms with Gasteiger partial charge in [-0.25, -0.2) is 9.78 Å². The third-order valence-corrected chi connectivity index (χ3v) is 12.4. The Morgan fingerprint density at radius 2 is 1.02 bits per heavy atom. The van der Waals surface area contributed by atoms with Gasteiger partial charge in [-0.2, -0.15) is 12.6 Å². The molecular weight excluding hydrogens is 1110 g/mol. The molecule has 0 radical (unpaired) electrons. The van der Waals surface area contributed by atoms with Gasteiger partial charge in [-0.15, -0.1) is 0 Å². The first-order chi connectivity index (χ1) is 38.9. The highest BCUT2D eigenvalue weighted by atomic mass is 32.1. The van der Waals surface area contributed by atoms with Crippen LogP contribution in [-0.4, -0.2) is 187 Å². The second-order valence-electron chi connectivity index (χ2n) is 20.3. The van der Waals surface area contributed by atoms with Crippen molar-refractivity contribution in [2.75, 3.05) is 18.8 Å². The molecule has 33 nitrogen and oxygen atoms in total. The van der Waals surface area contributed by atoms with Crippen molar-refractivity contribution in [1.82, 2.24) is 57.8 Å². The van der Waals surface area contributed by atoms with Gasteiger partial charge in [0.1, 0.15) is 54.4 Å². The summed E-state index contributed by atoms with van der Waals surface area (Å²) in [6, 6.07) is -15.4. The summed E-state index contributed by atoms with van der Waals surface area (Å²) in [7, 11) is 0. The van der Waals surface area contributed by atoms with Gasteiger partial charge in [0.15, 0.2) is 5.96 Å². The molecule has 83 heavy (non-hydrogen) atoms. The van der Waals surface area contributed by atoms with Crippen LogP contribution in [-0.2, 0) is 68.7 Å². The Hall–Kier alpha value is -8.14. The molecule has 23 N–H and O–H groups in total. The van der Waals surface area contributed by atoms with Crippen LogP contribution in [0.5, 0.6) is 0 Å². The normalized spacial score (nSPS) is 14.7. The van der Waals surface area contributed by atoms with Gasteiger partial charge in [0.2, 0.25) is 59.1 Å². The number of amides is 10. The number of imidazole rings is 1. The molecule has 1 heterocycles. The number of unbranched alkanes of at least 4 members (excludes halogenated alkanes) is 1. The Balaban J connectivity index is 3.49. The van der Waals surface area contributed by atoms with Crippen molar-refractivity contribution >= 4 is 95.6 Å². The van der Waals surface area contributed by atoms with E-state index in [0.717, 1.165) is 0 Å². The lowest BCUT2D eigenvalue weighted by molar-refractivity contribution is -0.143. The number of carboxylic acid groups (broad SMARTS) is 3. The molecule has 0 saturated carbocycles. The standard InChI is InChI=1S/C49H83N17O16S/c1-23(2)15-27(51)40(73)59-29(11-12-37(68)69)42(75)60-28(10-8-14-56-49(53)54)41(74)66-35(21-83)47(80)62-31(16-24(3)4)44(77)65-34(19-38(70)71)46(79)63-32(17-26-20-55-22-57-26)45(78)64-33(18-36(52)67)43(76)58-25(5)39(72)61-30(48(81)82)9-6-7-13-50/h20,22-25,27-35,83H,6-19,21,50-51H2,1-5H3,(H2,52,67)(H,55,57)(H,58,76)(H,59,73)(H,60,75)(H,61,72)(H,62,80)(H,63,79)(H,64,78)(H,65,77)(H,66,74)(H,68,69)(H,70,71)(H,81,82)(H4,53,54,56)/t25-,27-,28-,29-,30-,31-,32-,33-,34-,35-/m0/s1. The lowest BCUT2D eigenvalue weighted by Crippen LogP contribution is -2.61. The summed E-state index contributed by atoms with van der Waals surface area (Å²) < 4.78 is 0. The number of carbonyl (C=O) groups excluding carboxylic acids is 10. The predicted octanol–water partition coefficient (Wildman–Crippen LogP) is -5.83. The fraction of sp³-hybridized carbons (Fsp3) is 0.653. The van der Waals surface area contributed by atoms with Crippen molar-refractivity contribution in [2.24, 2.45) is 45.5 Å². The van der Waals surface area contributed by atoms with Crippen LogP contribution in [0.2, 0.25) is 0 Å². The number of H-pyrrole nitrogens is 1. The van der Waals surface area contributed by atoms with Crippen LogP contribution < -0.4 is 76.5 Å². The van der Waals surface area contributed by atoms with E-state index in [0.29, 0.717) is 12.8 Å². The number of aromatic nitrogens is 2. The molecule has 10 atom stereocenters. The van der Waals surface area contributed by atoms with E-state index in [-0.39, 0.29) is 68.7 Å². The van der Waals surface area contributed by atoms with Crippen molar-refractivity contribution in [2.45, 2.75) is 172 Å². The summed E-state index contributed by atoms with van der Waals surface area (Å²) in [4.78, 5) is 181. The zero-order valence-electron chi connectivity index (χ0n) is 47.1. The van der Waals surface area contributed by atoms with E-state index in [2.05, 4.69) is 75.4 Å². The zero-order chi connectivity index (χ0) is 63.1. The van der Waals surface area contributed by atoms with E-state index in [4.69, 9.17) is 28.7 Å². The van der Waals surface area contributed by atoms with Gasteiger partial charge in [0.25, 0.3) is 0 Å². The van der Waals surface area contributed by atoms with Crippen LogP contribution in [0, 0.1) is 11.8 Å². The van der Waals surface area contributed by atoms with E-state index < -0.39 is 175 Å². The molecule has 0 bridgehead atoms. The van der Waals surface area contributed by atoms with E-state index in [1.165, 1.54) is 19.4 Å². The van der Waals surface area contributed by atoms with Crippen LogP contribution in [0.3, 0.4) is 0 Å². The molecule has 0 fully saturated rings. The summed E-state index contributed by atoms with van der Waals surface area (Å²) >= 11 is 4.22. The number of hydrogen-bond acceptors (Lipinski definition) is 18. The van der Waals surface area contributed by atoms with Crippen molar-refractivity contribution in [3.63, 3.8) is 0 Å². The van der Waals surface area contributed by atoms with Gasteiger partial charge in [0.05, 0.1) is 25.2 Å². The molecule has 1 aromatic rings. The minimum atomic E-state index is -1.98. The van der Waals surface area contributed by atoms with Gasteiger partial charge >= 0.3 is 17.9 Å². The highest BCUT2D eigenvalue weighted by Gasteiger charge is 2.36. The second kappa shape index (κ2) is 37.8. The number of nitrogens with zero attached hydrogens (tertiary/aromatic N) is 2. The summed E-state index contributed by atoms with van der Waals surface area (Å²) in [5.74, 6) is -15.8. The second-order valence-corrected chi connectivity index (χ2v) is 20.7. The topological polar surface area (TPSA) is 562 Å². The quantitative estimate of drug-likeness (QED) is 0.0126. The van der Waals surface area contributed by atoms with Crippen molar-refractivity contribution in [1.29, 1.82) is 0 Å². The molecule has 0 unspecified atom stereocenters. The largest absolute Gasteiger partial charge is 0.481 e. The molecule has 0 aliphatic carbocycles. The van der Waals surface area contributed by atoms with Crippen LogP contribution >= 0.6 is 12.6 Å². The maximum Gasteiger partial charge on any atom is 0.326 e. The van der Waals surface area contributed by atoms with Crippen LogP contribution in [0.1, 0.15) is 111 Å². The number of aromatic amines is 1. The van der Waals surface area contributed by atoms with Crippen molar-refractivity contribution in [3.8, 4) is 0 Å². The smallest absolute Gasteiger partial charge is 0.326 e. The number of carboxylic acids is 3. The molecule has 0 aliphatic heterocycles. The number of thiol groups is 1. The van der Waals surface area contributed by atoms with Crippen LogP contribution in [0.25, 0.3) is 0 Å². The number of aliphatic imine (C=N–C) groups is 1. The van der Waals surface area contributed by atoms with Gasteiger partial charge < -0.3 is 96.8 Å². The average Bonchev–Trinajstić information content (AvgIpc) is 3.96.